The summed E-state index contributed by atoms with van der Waals surface area (Å²) in [5.74, 6) is 0.323. The van der Waals surface area contributed by atoms with Crippen LogP contribution >= 0.6 is 0 Å². The van der Waals surface area contributed by atoms with E-state index in [0.717, 1.165) is 12.8 Å². The van der Waals surface area contributed by atoms with E-state index in [-0.39, 0.29) is 22.8 Å². The van der Waals surface area contributed by atoms with Crippen molar-refractivity contribution in [1.29, 1.82) is 0 Å². The van der Waals surface area contributed by atoms with Gasteiger partial charge < -0.3 is 10.1 Å². The molecule has 0 saturated carbocycles. The zero-order valence-corrected chi connectivity index (χ0v) is 16.7. The fraction of sp³-hybridized carbons (Fsp3) is 0.800. The van der Waals surface area contributed by atoms with Gasteiger partial charge in [-0.05, 0) is 59.5 Å². The molecule has 140 valence electrons. The summed E-state index contributed by atoms with van der Waals surface area (Å²) in [6.07, 6.45) is 7.99. The molecule has 0 aliphatic carbocycles. The van der Waals surface area contributed by atoms with Crippen LogP contribution < -0.4 is 5.32 Å². The summed E-state index contributed by atoms with van der Waals surface area (Å²) >= 11 is 0. The zero-order valence-electron chi connectivity index (χ0n) is 16.7. The minimum Gasteiger partial charge on any atom is -0.375 e. The Morgan fingerprint density at radius 2 is 1.75 bits per heavy atom. The average Bonchev–Trinajstić information content (AvgIpc) is 2.43. The van der Waals surface area contributed by atoms with Gasteiger partial charge in [0.05, 0.1) is 5.60 Å². The van der Waals surface area contributed by atoms with Crippen LogP contribution in [0.15, 0.2) is 12.2 Å². The van der Waals surface area contributed by atoms with Crippen molar-refractivity contribution in [2.45, 2.75) is 91.7 Å². The molecule has 4 heteroatoms. The van der Waals surface area contributed by atoms with Gasteiger partial charge in [0.1, 0.15) is 0 Å². The second-order valence-electron chi connectivity index (χ2n) is 7.94. The third-order valence-electron chi connectivity index (χ3n) is 4.21. The van der Waals surface area contributed by atoms with E-state index in [2.05, 4.69) is 33.0 Å². The average molecular weight is 340 g/mol. The second-order valence-corrected chi connectivity index (χ2v) is 7.94. The van der Waals surface area contributed by atoms with Crippen LogP contribution in [-0.4, -0.2) is 29.4 Å². The molecule has 0 spiro atoms. The number of hydrogen-bond donors (Lipinski definition) is 1. The smallest absolute Gasteiger partial charge is 0.244 e. The highest BCUT2D eigenvalue weighted by atomic mass is 16.5. The Kier molecular flexibility index (Phi) is 10.1. The minimum atomic E-state index is -0.373. The SMILES string of the molecule is CCCC(CC)CC(C)(C)OCCC(C)(C)NC(=O)/C=C/C(C)=O. The summed E-state index contributed by atoms with van der Waals surface area (Å²) < 4.78 is 6.10. The van der Waals surface area contributed by atoms with Crippen molar-refractivity contribution in [2.24, 2.45) is 5.92 Å². The van der Waals surface area contributed by atoms with Crippen molar-refractivity contribution >= 4 is 11.7 Å². The minimum absolute atomic E-state index is 0.134. The van der Waals surface area contributed by atoms with Crippen LogP contribution in [0.1, 0.15) is 80.6 Å². The molecule has 0 radical (unpaired) electrons. The first-order valence-electron chi connectivity index (χ1n) is 9.16. The van der Waals surface area contributed by atoms with Gasteiger partial charge in [0, 0.05) is 18.2 Å². The lowest BCUT2D eigenvalue weighted by Gasteiger charge is -2.32. The van der Waals surface area contributed by atoms with E-state index in [1.165, 1.54) is 38.3 Å². The molecule has 1 amide bonds. The van der Waals surface area contributed by atoms with Crippen LogP contribution in [0, 0.1) is 5.92 Å². The number of carbonyl (C=O) groups excluding carboxylic acids is 2. The van der Waals surface area contributed by atoms with Gasteiger partial charge >= 0.3 is 0 Å². The van der Waals surface area contributed by atoms with Crippen LogP contribution in [0.5, 0.6) is 0 Å². The predicted molar refractivity (Wildman–Crippen MR) is 100.0 cm³/mol. The van der Waals surface area contributed by atoms with E-state index in [1.807, 2.05) is 13.8 Å². The highest BCUT2D eigenvalue weighted by molar-refractivity contribution is 5.96. The first kappa shape index (κ1) is 22.8. The molecule has 0 rings (SSSR count). The van der Waals surface area contributed by atoms with Gasteiger partial charge in [-0.1, -0.05) is 33.1 Å². The molecular weight excluding hydrogens is 302 g/mol. The van der Waals surface area contributed by atoms with Crippen LogP contribution in [0.2, 0.25) is 0 Å². The molecule has 0 heterocycles. The Balaban J connectivity index is 4.35. The van der Waals surface area contributed by atoms with E-state index >= 15 is 0 Å². The number of hydrogen-bond acceptors (Lipinski definition) is 3. The van der Waals surface area contributed by atoms with Crippen LogP contribution in [0.3, 0.4) is 0 Å². The van der Waals surface area contributed by atoms with E-state index < -0.39 is 0 Å². The van der Waals surface area contributed by atoms with E-state index in [4.69, 9.17) is 4.74 Å². The summed E-state index contributed by atoms with van der Waals surface area (Å²) in [4.78, 5) is 22.7. The molecule has 1 unspecified atom stereocenters. The third kappa shape index (κ3) is 11.4. The topological polar surface area (TPSA) is 55.4 Å². The summed E-state index contributed by atoms with van der Waals surface area (Å²) in [5, 5.41) is 2.91. The van der Waals surface area contributed by atoms with Crippen LogP contribution in [-0.2, 0) is 14.3 Å². The van der Waals surface area contributed by atoms with Crippen molar-refractivity contribution in [3.8, 4) is 0 Å². The van der Waals surface area contributed by atoms with Crippen molar-refractivity contribution in [2.75, 3.05) is 6.61 Å². The molecule has 0 aromatic rings. The molecule has 0 fully saturated rings. The molecule has 24 heavy (non-hydrogen) atoms. The predicted octanol–water partition coefficient (Wildman–Crippen LogP) is 4.43. The lowest BCUT2D eigenvalue weighted by Crippen LogP contribution is -2.44. The Morgan fingerprint density at radius 1 is 1.12 bits per heavy atom. The third-order valence-corrected chi connectivity index (χ3v) is 4.21. The number of rotatable bonds is 12. The lowest BCUT2D eigenvalue weighted by molar-refractivity contribution is -0.119. The maximum Gasteiger partial charge on any atom is 0.244 e. The van der Waals surface area contributed by atoms with E-state index in [1.54, 1.807) is 0 Å². The van der Waals surface area contributed by atoms with Gasteiger partial charge in [0.25, 0.3) is 0 Å². The highest BCUT2D eigenvalue weighted by Gasteiger charge is 2.25. The standard InChI is InChI=1S/C20H37NO3/c1-8-10-17(9-2)15-20(6,7)24-14-13-19(4,5)21-18(23)12-11-16(3)22/h11-12,17H,8-10,13-15H2,1-7H3,(H,21,23)/b12-11+. The van der Waals surface area contributed by atoms with E-state index in [9.17, 15) is 9.59 Å². The van der Waals surface area contributed by atoms with Gasteiger partial charge in [-0.3, -0.25) is 9.59 Å². The van der Waals surface area contributed by atoms with Crippen LogP contribution in [0.4, 0.5) is 0 Å². The molecular formula is C20H37NO3. The van der Waals surface area contributed by atoms with Crippen molar-refractivity contribution in [3.63, 3.8) is 0 Å². The Morgan fingerprint density at radius 3 is 2.25 bits per heavy atom. The lowest BCUT2D eigenvalue weighted by atomic mass is 9.88. The normalized spacial score (nSPS) is 14.0. The summed E-state index contributed by atoms with van der Waals surface area (Å²) in [7, 11) is 0. The number of ketones is 1. The molecule has 0 aliphatic rings. The van der Waals surface area contributed by atoms with Crippen molar-refractivity contribution in [3.05, 3.63) is 12.2 Å². The quantitative estimate of drug-likeness (QED) is 0.535. The highest BCUT2D eigenvalue weighted by Crippen LogP contribution is 2.26. The Bertz CT molecular complexity index is 425. The van der Waals surface area contributed by atoms with Gasteiger partial charge in [-0.2, -0.15) is 0 Å². The molecule has 1 atom stereocenters. The maximum absolute atomic E-state index is 11.8. The van der Waals surface area contributed by atoms with Crippen molar-refractivity contribution in [1.82, 2.24) is 5.32 Å². The first-order valence-corrected chi connectivity index (χ1v) is 9.16. The number of ether oxygens (including phenoxy) is 1. The molecule has 0 bridgehead atoms. The van der Waals surface area contributed by atoms with Gasteiger partial charge in [0.15, 0.2) is 5.78 Å². The molecule has 0 saturated heterocycles. The summed E-state index contributed by atoms with van der Waals surface area (Å²) in [6, 6.07) is 0. The van der Waals surface area contributed by atoms with Gasteiger partial charge in [-0.15, -0.1) is 0 Å². The second kappa shape index (κ2) is 10.7. The number of allylic oxidation sites excluding steroid dienone is 1. The summed E-state index contributed by atoms with van der Waals surface area (Å²) in [6.45, 7) is 14.7. The number of nitrogens with one attached hydrogen (secondary N) is 1. The van der Waals surface area contributed by atoms with Gasteiger partial charge in [0.2, 0.25) is 5.91 Å². The molecule has 0 aromatic heterocycles. The molecule has 4 nitrogen and oxygen atoms in total. The number of amides is 1. The Hall–Kier alpha value is -1.16. The fourth-order valence-corrected chi connectivity index (χ4v) is 2.83. The molecule has 0 aromatic carbocycles. The first-order chi connectivity index (χ1) is 11.0. The molecule has 1 N–H and O–H groups in total. The largest absolute Gasteiger partial charge is 0.375 e. The Labute approximate surface area is 148 Å². The molecule has 0 aliphatic heterocycles. The fourth-order valence-electron chi connectivity index (χ4n) is 2.83. The monoisotopic (exact) mass is 339 g/mol. The van der Waals surface area contributed by atoms with E-state index in [0.29, 0.717) is 12.5 Å². The van der Waals surface area contributed by atoms with Crippen LogP contribution in [0.25, 0.3) is 0 Å². The maximum atomic E-state index is 11.8. The number of carbonyl (C=O) groups is 2. The zero-order chi connectivity index (χ0) is 18.8. The van der Waals surface area contributed by atoms with Gasteiger partial charge in [-0.25, -0.2) is 0 Å². The summed E-state index contributed by atoms with van der Waals surface area (Å²) in [5.41, 5.74) is -0.521. The van der Waals surface area contributed by atoms with Crippen molar-refractivity contribution < 1.29 is 14.3 Å².